The van der Waals surface area contributed by atoms with Gasteiger partial charge >= 0.3 is 5.97 Å². The minimum Gasteiger partial charge on any atom is -0.496 e. The molecule has 0 fully saturated rings. The number of carboxylic acids is 1. The van der Waals surface area contributed by atoms with Gasteiger partial charge in [-0.1, -0.05) is 6.07 Å². The van der Waals surface area contributed by atoms with E-state index in [2.05, 4.69) is 21.2 Å². The molecule has 2 N–H and O–H groups in total. The molecule has 0 saturated heterocycles. The van der Waals surface area contributed by atoms with E-state index in [9.17, 15) is 9.59 Å². The maximum absolute atomic E-state index is 11.5. The second kappa shape index (κ2) is 7.78. The standard InChI is InChI=1S/C13H16BrNO4/c1-19-11-4-2-9(8-10(11)14)3-5-12(16)15-7-6-13(17)18/h2,4,8H,3,5-7H2,1H3,(H,15,16)(H,17,18). The summed E-state index contributed by atoms with van der Waals surface area (Å²) < 4.78 is 5.97. The molecule has 0 saturated carbocycles. The van der Waals surface area contributed by atoms with Crippen molar-refractivity contribution >= 4 is 27.8 Å². The molecule has 0 heterocycles. The lowest BCUT2D eigenvalue weighted by Crippen LogP contribution is -2.26. The average Bonchev–Trinajstić information content (AvgIpc) is 2.36. The van der Waals surface area contributed by atoms with E-state index in [-0.39, 0.29) is 18.9 Å². The zero-order valence-electron chi connectivity index (χ0n) is 10.6. The van der Waals surface area contributed by atoms with Gasteiger partial charge in [-0.25, -0.2) is 0 Å². The predicted octanol–water partition coefficient (Wildman–Crippen LogP) is 1.98. The molecule has 0 radical (unpaired) electrons. The van der Waals surface area contributed by atoms with E-state index in [4.69, 9.17) is 9.84 Å². The maximum Gasteiger partial charge on any atom is 0.305 e. The van der Waals surface area contributed by atoms with Crippen LogP contribution in [0.1, 0.15) is 18.4 Å². The highest BCUT2D eigenvalue weighted by atomic mass is 79.9. The largest absolute Gasteiger partial charge is 0.496 e. The number of aryl methyl sites for hydroxylation is 1. The molecule has 0 unspecified atom stereocenters. The van der Waals surface area contributed by atoms with Gasteiger partial charge in [-0.2, -0.15) is 0 Å². The zero-order chi connectivity index (χ0) is 14.3. The number of hydrogen-bond acceptors (Lipinski definition) is 3. The molecule has 1 amide bonds. The number of halogens is 1. The molecule has 0 aromatic heterocycles. The Morgan fingerprint density at radius 2 is 2.11 bits per heavy atom. The van der Waals surface area contributed by atoms with E-state index < -0.39 is 5.97 Å². The van der Waals surface area contributed by atoms with Crippen molar-refractivity contribution in [2.45, 2.75) is 19.3 Å². The third kappa shape index (κ3) is 5.74. The molecule has 104 valence electrons. The summed E-state index contributed by atoms with van der Waals surface area (Å²) in [5.41, 5.74) is 1.01. The molecule has 0 aliphatic carbocycles. The van der Waals surface area contributed by atoms with Gasteiger partial charge in [-0.15, -0.1) is 0 Å². The summed E-state index contributed by atoms with van der Waals surface area (Å²) in [6.07, 6.45) is 0.875. The van der Waals surface area contributed by atoms with Crippen molar-refractivity contribution in [2.75, 3.05) is 13.7 Å². The zero-order valence-corrected chi connectivity index (χ0v) is 12.2. The number of carboxylic acid groups (broad SMARTS) is 1. The first-order chi connectivity index (χ1) is 9.02. The highest BCUT2D eigenvalue weighted by Crippen LogP contribution is 2.25. The molecule has 1 aromatic rings. The lowest BCUT2D eigenvalue weighted by molar-refractivity contribution is -0.136. The molecule has 19 heavy (non-hydrogen) atoms. The van der Waals surface area contributed by atoms with Crippen LogP contribution in [0.4, 0.5) is 0 Å². The van der Waals surface area contributed by atoms with E-state index in [1.807, 2.05) is 18.2 Å². The SMILES string of the molecule is COc1ccc(CCC(=O)NCCC(=O)O)cc1Br. The van der Waals surface area contributed by atoms with Gasteiger partial charge in [0.1, 0.15) is 5.75 Å². The fraction of sp³-hybridized carbons (Fsp3) is 0.385. The van der Waals surface area contributed by atoms with Crippen LogP contribution in [0, 0.1) is 0 Å². The molecule has 5 nitrogen and oxygen atoms in total. The fourth-order valence-electron chi connectivity index (χ4n) is 1.52. The minimum absolute atomic E-state index is 0.0557. The Kier molecular flexibility index (Phi) is 6.35. The fourth-order valence-corrected chi connectivity index (χ4v) is 2.11. The highest BCUT2D eigenvalue weighted by molar-refractivity contribution is 9.10. The average molecular weight is 330 g/mol. The number of rotatable bonds is 7. The lowest BCUT2D eigenvalue weighted by Gasteiger charge is -2.07. The van der Waals surface area contributed by atoms with Crippen molar-refractivity contribution in [1.29, 1.82) is 0 Å². The summed E-state index contributed by atoms with van der Waals surface area (Å²) in [6.45, 7) is 0.167. The van der Waals surface area contributed by atoms with Crippen molar-refractivity contribution in [1.82, 2.24) is 5.32 Å². The molecule has 1 aromatic carbocycles. The number of benzene rings is 1. The Morgan fingerprint density at radius 3 is 2.68 bits per heavy atom. The number of nitrogens with one attached hydrogen (secondary N) is 1. The Balaban J connectivity index is 2.37. The third-order valence-electron chi connectivity index (χ3n) is 2.52. The number of methoxy groups -OCH3 is 1. The number of amides is 1. The third-order valence-corrected chi connectivity index (χ3v) is 3.14. The van der Waals surface area contributed by atoms with Gasteiger partial charge in [0.2, 0.25) is 5.91 Å². The van der Waals surface area contributed by atoms with E-state index in [0.717, 1.165) is 15.8 Å². The van der Waals surface area contributed by atoms with E-state index in [1.54, 1.807) is 7.11 Å². The second-order valence-corrected chi connectivity index (χ2v) is 4.82. The number of ether oxygens (including phenoxy) is 1. The topological polar surface area (TPSA) is 75.6 Å². The van der Waals surface area contributed by atoms with Crippen molar-refractivity contribution < 1.29 is 19.4 Å². The molecule has 0 aliphatic rings. The quantitative estimate of drug-likeness (QED) is 0.802. The molecule has 1 rings (SSSR count). The molecule has 6 heteroatoms. The van der Waals surface area contributed by atoms with Crippen LogP contribution in [0.5, 0.6) is 5.75 Å². The van der Waals surface area contributed by atoms with Crippen LogP contribution in [-0.4, -0.2) is 30.6 Å². The van der Waals surface area contributed by atoms with E-state index in [0.29, 0.717) is 12.8 Å². The van der Waals surface area contributed by atoms with Gasteiger partial charge in [-0.05, 0) is 40.0 Å². The van der Waals surface area contributed by atoms with Gasteiger partial charge in [0.05, 0.1) is 18.0 Å². The number of carbonyl (C=O) groups is 2. The van der Waals surface area contributed by atoms with Gasteiger partial charge in [-0.3, -0.25) is 9.59 Å². The van der Waals surface area contributed by atoms with E-state index in [1.165, 1.54) is 0 Å². The van der Waals surface area contributed by atoms with Crippen LogP contribution in [0.2, 0.25) is 0 Å². The van der Waals surface area contributed by atoms with Crippen LogP contribution < -0.4 is 10.1 Å². The van der Waals surface area contributed by atoms with E-state index >= 15 is 0 Å². The first-order valence-corrected chi connectivity index (χ1v) is 6.63. The van der Waals surface area contributed by atoms with Gasteiger partial charge in [0.15, 0.2) is 0 Å². The highest BCUT2D eigenvalue weighted by Gasteiger charge is 2.05. The number of aliphatic carboxylic acids is 1. The minimum atomic E-state index is -0.917. The number of hydrogen-bond donors (Lipinski definition) is 2. The van der Waals surface area contributed by atoms with Crippen molar-refractivity contribution in [3.05, 3.63) is 28.2 Å². The molecule has 0 aliphatic heterocycles. The second-order valence-electron chi connectivity index (χ2n) is 3.96. The molecule has 0 bridgehead atoms. The summed E-state index contributed by atoms with van der Waals surface area (Å²) >= 11 is 3.38. The molecular formula is C13H16BrNO4. The maximum atomic E-state index is 11.5. The Hall–Kier alpha value is -1.56. The Labute approximate surface area is 120 Å². The Morgan fingerprint density at radius 1 is 1.37 bits per heavy atom. The van der Waals surface area contributed by atoms with Gasteiger partial charge in [0, 0.05) is 13.0 Å². The first-order valence-electron chi connectivity index (χ1n) is 5.84. The lowest BCUT2D eigenvalue weighted by atomic mass is 10.1. The van der Waals surface area contributed by atoms with Crippen molar-refractivity contribution in [3.63, 3.8) is 0 Å². The summed E-state index contributed by atoms with van der Waals surface area (Å²) in [5, 5.41) is 11.0. The van der Waals surface area contributed by atoms with Crippen LogP contribution >= 0.6 is 15.9 Å². The summed E-state index contributed by atoms with van der Waals surface area (Å²) in [5.74, 6) is -0.317. The molecular weight excluding hydrogens is 314 g/mol. The van der Waals surface area contributed by atoms with Crippen molar-refractivity contribution in [2.24, 2.45) is 0 Å². The predicted molar refractivity (Wildman–Crippen MR) is 74.3 cm³/mol. The van der Waals surface area contributed by atoms with Gasteiger partial charge < -0.3 is 15.2 Å². The normalized spacial score (nSPS) is 10.0. The molecule has 0 spiro atoms. The first kappa shape index (κ1) is 15.5. The van der Waals surface area contributed by atoms with Crippen LogP contribution in [0.25, 0.3) is 0 Å². The van der Waals surface area contributed by atoms with Gasteiger partial charge in [0.25, 0.3) is 0 Å². The summed E-state index contributed by atoms with van der Waals surface area (Å²) in [7, 11) is 1.59. The summed E-state index contributed by atoms with van der Waals surface area (Å²) in [4.78, 5) is 21.8. The molecule has 0 atom stereocenters. The van der Waals surface area contributed by atoms with Crippen LogP contribution in [0.15, 0.2) is 22.7 Å². The number of carbonyl (C=O) groups excluding carboxylic acids is 1. The van der Waals surface area contributed by atoms with Crippen molar-refractivity contribution in [3.8, 4) is 5.75 Å². The van der Waals surface area contributed by atoms with Crippen LogP contribution in [-0.2, 0) is 16.0 Å². The monoisotopic (exact) mass is 329 g/mol. The smallest absolute Gasteiger partial charge is 0.305 e. The Bertz CT molecular complexity index is 462. The van der Waals surface area contributed by atoms with Crippen LogP contribution in [0.3, 0.4) is 0 Å². The summed E-state index contributed by atoms with van der Waals surface area (Å²) in [6, 6.07) is 5.64.